The van der Waals surface area contributed by atoms with Crippen LogP contribution in [0.25, 0.3) is 0 Å². The third kappa shape index (κ3) is 2.10. The van der Waals surface area contributed by atoms with Gasteiger partial charge in [-0.05, 0) is 25.3 Å². The van der Waals surface area contributed by atoms with Crippen LogP contribution in [0, 0.1) is 5.41 Å². The van der Waals surface area contributed by atoms with Gasteiger partial charge in [-0.15, -0.1) is 0 Å². The van der Waals surface area contributed by atoms with Crippen LogP contribution in [0.2, 0.25) is 0 Å². The van der Waals surface area contributed by atoms with Gasteiger partial charge in [0.25, 0.3) is 0 Å². The van der Waals surface area contributed by atoms with Gasteiger partial charge >= 0.3 is 0 Å². The summed E-state index contributed by atoms with van der Waals surface area (Å²) < 4.78 is 0. The second-order valence-electron chi connectivity index (χ2n) is 4.49. The molecule has 12 heavy (non-hydrogen) atoms. The highest BCUT2D eigenvalue weighted by Crippen LogP contribution is 2.23. The molecule has 68 valence electrons. The zero-order valence-electron chi connectivity index (χ0n) is 8.60. The quantitative estimate of drug-likeness (QED) is 0.587. The normalized spacial score (nSPS) is 24.2. The van der Waals surface area contributed by atoms with Gasteiger partial charge in [0, 0.05) is 5.70 Å². The lowest BCUT2D eigenvalue weighted by atomic mass is 9.85. The second-order valence-corrected chi connectivity index (χ2v) is 4.49. The molecule has 1 unspecified atom stereocenters. The van der Waals surface area contributed by atoms with E-state index in [1.54, 1.807) is 0 Å². The zero-order chi connectivity index (χ0) is 9.35. The molecule has 0 spiro atoms. The Morgan fingerprint density at radius 1 is 1.33 bits per heavy atom. The van der Waals surface area contributed by atoms with Crippen molar-refractivity contribution < 1.29 is 0 Å². The fraction of sp³-hybridized carbons (Fsp3) is 0.700. The molecular weight excluding hydrogens is 148 g/mol. The number of hydrogen-bond donors (Lipinski definition) is 1. The van der Waals surface area contributed by atoms with Crippen molar-refractivity contribution in [2.24, 2.45) is 10.4 Å². The minimum absolute atomic E-state index is 0.262. The average Bonchev–Trinajstić information content (AvgIpc) is 1.82. The summed E-state index contributed by atoms with van der Waals surface area (Å²) >= 11 is 0. The second kappa shape index (κ2) is 2.92. The fourth-order valence-corrected chi connectivity index (χ4v) is 1.31. The average molecular weight is 166 g/mol. The Hall–Kier alpha value is -0.790. The molecule has 1 rings (SSSR count). The Morgan fingerprint density at radius 3 is 2.33 bits per heavy atom. The number of rotatable bonds is 0. The van der Waals surface area contributed by atoms with Crippen molar-refractivity contribution >= 4 is 5.84 Å². The Bertz CT molecular complexity index is 231. The van der Waals surface area contributed by atoms with E-state index in [0.29, 0.717) is 6.04 Å². The predicted octanol–water partition coefficient (Wildman–Crippen LogP) is 2.33. The first-order valence-electron chi connectivity index (χ1n) is 4.40. The van der Waals surface area contributed by atoms with E-state index in [0.717, 1.165) is 11.5 Å². The van der Waals surface area contributed by atoms with Crippen molar-refractivity contribution in [3.8, 4) is 0 Å². The summed E-state index contributed by atoms with van der Waals surface area (Å²) in [6.07, 6.45) is 2.19. The van der Waals surface area contributed by atoms with Crippen LogP contribution in [0.1, 0.15) is 34.6 Å². The summed E-state index contributed by atoms with van der Waals surface area (Å²) in [5, 5.41) is 3.36. The predicted molar refractivity (Wildman–Crippen MR) is 53.2 cm³/mol. The van der Waals surface area contributed by atoms with E-state index in [1.807, 2.05) is 13.8 Å². The lowest BCUT2D eigenvalue weighted by Gasteiger charge is -2.32. The summed E-state index contributed by atoms with van der Waals surface area (Å²) in [4.78, 5) is 4.31. The van der Waals surface area contributed by atoms with Crippen molar-refractivity contribution in [3.05, 3.63) is 11.8 Å². The highest BCUT2D eigenvalue weighted by molar-refractivity contribution is 5.82. The minimum Gasteiger partial charge on any atom is -0.367 e. The summed E-state index contributed by atoms with van der Waals surface area (Å²) in [6.45, 7) is 10.7. The van der Waals surface area contributed by atoms with Crippen LogP contribution in [0.5, 0.6) is 0 Å². The van der Waals surface area contributed by atoms with Crippen molar-refractivity contribution in [2.75, 3.05) is 0 Å². The van der Waals surface area contributed by atoms with E-state index in [4.69, 9.17) is 0 Å². The van der Waals surface area contributed by atoms with Crippen molar-refractivity contribution in [2.45, 2.75) is 40.7 Å². The van der Waals surface area contributed by atoms with E-state index < -0.39 is 0 Å². The lowest BCUT2D eigenvalue weighted by Crippen LogP contribution is -2.43. The summed E-state index contributed by atoms with van der Waals surface area (Å²) in [5.74, 6) is 1.02. The maximum atomic E-state index is 4.31. The van der Waals surface area contributed by atoms with Gasteiger partial charge in [0.1, 0.15) is 0 Å². The SMILES string of the molecule is CC1=CC(C(C)(C)C)NC(C)=N1. The molecule has 1 N–H and O–H groups in total. The monoisotopic (exact) mass is 166 g/mol. The first-order chi connectivity index (χ1) is 5.39. The number of nitrogens with zero attached hydrogens (tertiary/aromatic N) is 1. The fourth-order valence-electron chi connectivity index (χ4n) is 1.31. The van der Waals surface area contributed by atoms with Crippen LogP contribution in [-0.2, 0) is 0 Å². The van der Waals surface area contributed by atoms with Gasteiger partial charge in [0.15, 0.2) is 0 Å². The van der Waals surface area contributed by atoms with Gasteiger partial charge in [0.05, 0.1) is 11.9 Å². The van der Waals surface area contributed by atoms with Crippen molar-refractivity contribution in [1.29, 1.82) is 0 Å². The number of nitrogens with one attached hydrogen (secondary N) is 1. The number of hydrogen-bond acceptors (Lipinski definition) is 2. The largest absolute Gasteiger partial charge is 0.367 e. The maximum absolute atomic E-state index is 4.31. The van der Waals surface area contributed by atoms with Crippen LogP contribution in [0.4, 0.5) is 0 Å². The smallest absolute Gasteiger partial charge is 0.0991 e. The summed E-state index contributed by atoms with van der Waals surface area (Å²) in [5.41, 5.74) is 1.38. The van der Waals surface area contributed by atoms with E-state index in [1.165, 1.54) is 0 Å². The molecule has 1 aliphatic heterocycles. The van der Waals surface area contributed by atoms with E-state index in [9.17, 15) is 0 Å². The molecule has 0 aromatic heterocycles. The van der Waals surface area contributed by atoms with Crippen molar-refractivity contribution in [1.82, 2.24) is 5.32 Å². The van der Waals surface area contributed by atoms with Gasteiger partial charge < -0.3 is 5.32 Å². The Balaban J connectivity index is 2.81. The molecule has 0 fully saturated rings. The summed E-state index contributed by atoms with van der Waals surface area (Å²) in [7, 11) is 0. The van der Waals surface area contributed by atoms with Gasteiger partial charge in [-0.3, -0.25) is 0 Å². The topological polar surface area (TPSA) is 24.4 Å². The molecule has 1 atom stereocenters. The van der Waals surface area contributed by atoms with Crippen LogP contribution < -0.4 is 5.32 Å². The molecule has 0 bridgehead atoms. The molecule has 2 nitrogen and oxygen atoms in total. The number of aliphatic imine (C=N–C) groups is 1. The first-order valence-corrected chi connectivity index (χ1v) is 4.40. The van der Waals surface area contributed by atoms with E-state index >= 15 is 0 Å². The molecule has 2 heteroatoms. The third-order valence-electron chi connectivity index (χ3n) is 2.05. The van der Waals surface area contributed by atoms with Gasteiger partial charge in [-0.1, -0.05) is 20.8 Å². The standard InChI is InChI=1S/C10H18N2/c1-7-6-9(10(3,4)5)12-8(2)11-7/h6,9H,1-5H3,(H,11,12). The molecule has 0 saturated heterocycles. The van der Waals surface area contributed by atoms with Crippen LogP contribution >= 0.6 is 0 Å². The highest BCUT2D eigenvalue weighted by atomic mass is 15.0. The van der Waals surface area contributed by atoms with Crippen LogP contribution in [0.3, 0.4) is 0 Å². The molecule has 0 saturated carbocycles. The Labute approximate surface area is 74.8 Å². The van der Waals surface area contributed by atoms with E-state index in [-0.39, 0.29) is 5.41 Å². The highest BCUT2D eigenvalue weighted by Gasteiger charge is 2.24. The van der Waals surface area contributed by atoms with Crippen LogP contribution in [0.15, 0.2) is 16.8 Å². The number of allylic oxidation sites excluding steroid dienone is 1. The molecule has 0 amide bonds. The van der Waals surface area contributed by atoms with E-state index in [2.05, 4.69) is 37.2 Å². The molecule has 0 aromatic rings. The Morgan fingerprint density at radius 2 is 1.92 bits per heavy atom. The van der Waals surface area contributed by atoms with Gasteiger partial charge in [-0.2, -0.15) is 0 Å². The Kier molecular flexibility index (Phi) is 2.27. The van der Waals surface area contributed by atoms with Crippen molar-refractivity contribution in [3.63, 3.8) is 0 Å². The first kappa shape index (κ1) is 9.30. The third-order valence-corrected chi connectivity index (χ3v) is 2.05. The maximum Gasteiger partial charge on any atom is 0.0991 e. The minimum atomic E-state index is 0.262. The van der Waals surface area contributed by atoms with Crippen LogP contribution in [-0.4, -0.2) is 11.9 Å². The molecule has 0 radical (unpaired) electrons. The molecule has 0 aromatic carbocycles. The molecular formula is C10H18N2. The summed E-state index contributed by atoms with van der Waals surface area (Å²) in [6, 6.07) is 0.412. The molecule has 1 aliphatic rings. The zero-order valence-corrected chi connectivity index (χ0v) is 8.60. The lowest BCUT2D eigenvalue weighted by molar-refractivity contribution is 0.339. The molecule has 1 heterocycles. The van der Waals surface area contributed by atoms with Gasteiger partial charge in [-0.25, -0.2) is 4.99 Å². The molecule has 0 aliphatic carbocycles. The number of amidine groups is 1. The van der Waals surface area contributed by atoms with Gasteiger partial charge in [0.2, 0.25) is 0 Å².